The van der Waals surface area contributed by atoms with E-state index in [0.717, 1.165) is 0 Å². The van der Waals surface area contributed by atoms with Gasteiger partial charge in [-0.15, -0.1) is 0 Å². The molecule has 0 N–H and O–H groups in total. The molecule has 0 bridgehead atoms. The lowest BCUT2D eigenvalue weighted by atomic mass is 11.9. The summed E-state index contributed by atoms with van der Waals surface area (Å²) < 4.78 is 40.2. The highest BCUT2D eigenvalue weighted by molar-refractivity contribution is 7.63. The summed E-state index contributed by atoms with van der Waals surface area (Å²) in [6, 6.07) is 0. The van der Waals surface area contributed by atoms with Gasteiger partial charge in [0.2, 0.25) is 0 Å². The maximum Gasteiger partial charge on any atom is 0.290 e. The molecule has 0 radical (unpaired) electrons. The fourth-order valence-electron chi connectivity index (χ4n) is 0.707. The normalized spacial score (nSPS) is 15.3. The lowest BCUT2D eigenvalue weighted by molar-refractivity contribution is 0.750. The Hall–Kier alpha value is 0.441. The van der Waals surface area contributed by atoms with Crippen LogP contribution < -0.4 is 0 Å². The molecule has 0 aromatic heterocycles. The summed E-state index contributed by atoms with van der Waals surface area (Å²) in [5, 5.41) is 0. The Morgan fingerprint density at radius 3 is 0.818 bits per heavy atom. The van der Waals surface area contributed by atoms with Crippen LogP contribution in [0.4, 0.5) is 12.3 Å². The average molecular weight is 216 g/mol. The number of hydrogen-bond acceptors (Lipinski definition) is 0. The fourth-order valence-corrected chi connectivity index (χ4v) is 19.1. The Labute approximate surface area is 68.9 Å². The van der Waals surface area contributed by atoms with Gasteiger partial charge < -0.3 is 12.3 Å². The summed E-state index contributed by atoms with van der Waals surface area (Å²) in [5.74, 6) is 0. The second kappa shape index (κ2) is 2.74. The standard InChI is InChI=1S/C5H15F3Si3/c1-9(2,6)11(5,8)10(3,4)7/h1-5H3. The summed E-state index contributed by atoms with van der Waals surface area (Å²) in [7, 11) is -10.4. The third kappa shape index (κ3) is 2.19. The quantitative estimate of drug-likeness (QED) is 0.492. The van der Waals surface area contributed by atoms with E-state index in [2.05, 4.69) is 0 Å². The molecule has 0 aromatic carbocycles. The van der Waals surface area contributed by atoms with Crippen LogP contribution in [0, 0.1) is 0 Å². The van der Waals surface area contributed by atoms with Crippen molar-refractivity contribution in [2.24, 2.45) is 0 Å². The van der Waals surface area contributed by atoms with Crippen molar-refractivity contribution in [3.05, 3.63) is 0 Å². The van der Waals surface area contributed by atoms with Crippen LogP contribution in [0.3, 0.4) is 0 Å². The molecule has 0 spiro atoms. The Kier molecular flexibility index (Phi) is 2.85. The molecule has 68 valence electrons. The molecule has 0 unspecified atom stereocenters. The van der Waals surface area contributed by atoms with E-state index in [-0.39, 0.29) is 0 Å². The van der Waals surface area contributed by atoms with Crippen molar-refractivity contribution in [3.8, 4) is 0 Å². The highest BCUT2D eigenvalue weighted by Crippen LogP contribution is 2.31. The molecule has 0 nitrogen and oxygen atoms in total. The van der Waals surface area contributed by atoms with Gasteiger partial charge in [0.15, 0.2) is 0 Å². The molecule has 0 saturated heterocycles. The van der Waals surface area contributed by atoms with E-state index in [1.807, 2.05) is 0 Å². The lowest BCUT2D eigenvalue weighted by Crippen LogP contribution is -2.65. The first kappa shape index (κ1) is 11.4. The summed E-state index contributed by atoms with van der Waals surface area (Å²) >= 11 is 0. The van der Waals surface area contributed by atoms with Crippen molar-refractivity contribution in [2.45, 2.75) is 32.7 Å². The molecule has 0 aliphatic rings. The molecule has 0 aliphatic heterocycles. The highest BCUT2D eigenvalue weighted by atomic mass is 29.7. The molecule has 0 aliphatic carbocycles. The Balaban J connectivity index is 4.75. The zero-order chi connectivity index (χ0) is 9.50. The van der Waals surface area contributed by atoms with Crippen molar-refractivity contribution in [2.75, 3.05) is 0 Å². The van der Waals surface area contributed by atoms with Crippen molar-refractivity contribution in [1.82, 2.24) is 0 Å². The summed E-state index contributed by atoms with van der Waals surface area (Å²) in [4.78, 5) is 0. The van der Waals surface area contributed by atoms with Crippen LogP contribution >= 0.6 is 0 Å². The molecule has 0 aromatic rings. The van der Waals surface area contributed by atoms with Crippen LogP contribution in [0.1, 0.15) is 0 Å². The van der Waals surface area contributed by atoms with E-state index >= 15 is 0 Å². The summed E-state index contributed by atoms with van der Waals surface area (Å²) in [6.45, 7) is 6.29. The smallest absolute Gasteiger partial charge is 0.290 e. The first-order chi connectivity index (χ1) is 4.50. The first-order valence-corrected chi connectivity index (χ1v) is 13.7. The Morgan fingerprint density at radius 2 is 0.818 bits per heavy atom. The second-order valence-electron chi connectivity index (χ2n) is 3.95. The number of hydrogen-bond donors (Lipinski definition) is 0. The van der Waals surface area contributed by atoms with Gasteiger partial charge in [-0.2, -0.15) is 0 Å². The third-order valence-corrected chi connectivity index (χ3v) is 30.8. The number of rotatable bonds is 2. The molecule has 11 heavy (non-hydrogen) atoms. The molecular formula is C5H15F3Si3. The molecule has 0 fully saturated rings. The van der Waals surface area contributed by atoms with Crippen LogP contribution in [0.2, 0.25) is 32.7 Å². The van der Waals surface area contributed by atoms with Gasteiger partial charge in [0.05, 0.1) is 0 Å². The van der Waals surface area contributed by atoms with Gasteiger partial charge >= 0.3 is 0 Å². The molecule has 0 saturated carbocycles. The average Bonchev–Trinajstić information content (AvgIpc) is 1.58. The largest absolute Gasteiger partial charge is 0.315 e. The zero-order valence-electron chi connectivity index (χ0n) is 7.63. The molecule has 0 rings (SSSR count). The predicted molar refractivity (Wildman–Crippen MR) is 49.9 cm³/mol. The van der Waals surface area contributed by atoms with Gasteiger partial charge in [-0.3, -0.25) is 0 Å². The predicted octanol–water partition coefficient (Wildman–Crippen LogP) is 3.04. The molecular weight excluding hydrogens is 201 g/mol. The van der Waals surface area contributed by atoms with Crippen LogP contribution in [-0.4, -0.2) is 23.3 Å². The minimum absolute atomic E-state index is 1.20. The van der Waals surface area contributed by atoms with Crippen molar-refractivity contribution in [1.29, 1.82) is 0 Å². The maximum atomic E-state index is 13.6. The zero-order valence-corrected chi connectivity index (χ0v) is 10.6. The van der Waals surface area contributed by atoms with Crippen molar-refractivity contribution in [3.63, 3.8) is 0 Å². The molecule has 6 heteroatoms. The number of halogens is 3. The minimum Gasteiger partial charge on any atom is -0.315 e. The Bertz CT molecular complexity index is 128. The van der Waals surface area contributed by atoms with Crippen LogP contribution in [0.5, 0.6) is 0 Å². The third-order valence-electron chi connectivity index (χ3n) is 2.23. The first-order valence-electron chi connectivity index (χ1n) is 3.57. The van der Waals surface area contributed by atoms with Crippen molar-refractivity contribution >= 4 is 23.3 Å². The van der Waals surface area contributed by atoms with Crippen molar-refractivity contribution < 1.29 is 12.3 Å². The van der Waals surface area contributed by atoms with Gasteiger partial charge in [0, 0.05) is 0 Å². The van der Waals surface area contributed by atoms with Crippen LogP contribution in [-0.2, 0) is 0 Å². The van der Waals surface area contributed by atoms with Crippen LogP contribution in [0.25, 0.3) is 0 Å². The van der Waals surface area contributed by atoms with Crippen LogP contribution in [0.15, 0.2) is 0 Å². The maximum absolute atomic E-state index is 13.6. The van der Waals surface area contributed by atoms with Gasteiger partial charge in [0.25, 0.3) is 23.3 Å². The molecule has 0 amide bonds. The van der Waals surface area contributed by atoms with Gasteiger partial charge in [-0.1, -0.05) is 0 Å². The molecule has 0 heterocycles. The Morgan fingerprint density at radius 1 is 0.636 bits per heavy atom. The molecule has 0 atom stereocenters. The fraction of sp³-hybridized carbons (Fsp3) is 1.00. The summed E-state index contributed by atoms with van der Waals surface area (Å²) in [5.41, 5.74) is 0. The monoisotopic (exact) mass is 216 g/mol. The minimum atomic E-state index is -3.66. The van der Waals surface area contributed by atoms with E-state index in [0.29, 0.717) is 0 Å². The topological polar surface area (TPSA) is 0 Å². The summed E-state index contributed by atoms with van der Waals surface area (Å²) in [6.07, 6.45) is 0. The lowest BCUT2D eigenvalue weighted by Gasteiger charge is -2.31. The highest BCUT2D eigenvalue weighted by Gasteiger charge is 2.62. The van der Waals surface area contributed by atoms with E-state index in [1.54, 1.807) is 0 Å². The van der Waals surface area contributed by atoms with Gasteiger partial charge in [-0.05, 0) is 32.7 Å². The van der Waals surface area contributed by atoms with Gasteiger partial charge in [-0.25, -0.2) is 0 Å². The van der Waals surface area contributed by atoms with E-state index in [1.165, 1.54) is 32.7 Å². The van der Waals surface area contributed by atoms with E-state index in [9.17, 15) is 12.3 Å². The SMILES string of the molecule is C[Si](C)(F)[Si](C)(F)[Si](C)(C)F. The van der Waals surface area contributed by atoms with E-state index in [4.69, 9.17) is 0 Å². The van der Waals surface area contributed by atoms with E-state index < -0.39 is 23.3 Å². The second-order valence-corrected chi connectivity index (χ2v) is 26.1. The van der Waals surface area contributed by atoms with Gasteiger partial charge in [0.1, 0.15) is 0 Å².